The molecule has 0 aliphatic heterocycles. The minimum absolute atomic E-state index is 0.0629. The van der Waals surface area contributed by atoms with E-state index in [-0.39, 0.29) is 13.2 Å². The van der Waals surface area contributed by atoms with Gasteiger partial charge in [-0.3, -0.25) is 0 Å². The van der Waals surface area contributed by atoms with Crippen LogP contribution < -0.4 is 9.47 Å². The highest BCUT2D eigenvalue weighted by atomic mass is 16.5. The molecule has 0 aliphatic rings. The number of hydrogen-bond acceptors (Lipinski definition) is 4. The first-order valence-corrected chi connectivity index (χ1v) is 5.43. The van der Waals surface area contributed by atoms with Crippen molar-refractivity contribution >= 4 is 6.08 Å². The third-order valence-corrected chi connectivity index (χ3v) is 2.21. The van der Waals surface area contributed by atoms with Gasteiger partial charge in [0.25, 0.3) is 0 Å². The highest BCUT2D eigenvalue weighted by Crippen LogP contribution is 2.25. The molecule has 0 aliphatic carbocycles. The summed E-state index contributed by atoms with van der Waals surface area (Å²) in [4.78, 5) is 0. The van der Waals surface area contributed by atoms with Gasteiger partial charge in [0.05, 0.1) is 13.7 Å². The Bertz CT molecular complexity index is 374. The smallest absolute Gasteiger partial charge is 0.126 e. The molecule has 0 spiro atoms. The number of ether oxygens (including phenoxy) is 2. The molecule has 0 amide bonds. The molecule has 0 aromatic heterocycles. The maximum atomic E-state index is 9.22. The molecule has 0 fully saturated rings. The lowest BCUT2D eigenvalue weighted by Gasteiger charge is -2.13. The Kier molecular flexibility index (Phi) is 5.52. The van der Waals surface area contributed by atoms with Gasteiger partial charge in [0.1, 0.15) is 24.2 Å². The Morgan fingerprint density at radius 1 is 1.41 bits per heavy atom. The molecule has 1 aromatic rings. The van der Waals surface area contributed by atoms with Crippen molar-refractivity contribution in [2.45, 2.75) is 13.0 Å². The predicted molar refractivity (Wildman–Crippen MR) is 66.3 cm³/mol. The quantitative estimate of drug-likeness (QED) is 0.787. The number of rotatable bonds is 6. The topological polar surface area (TPSA) is 58.9 Å². The van der Waals surface area contributed by atoms with E-state index >= 15 is 0 Å². The van der Waals surface area contributed by atoms with Crippen LogP contribution in [0.4, 0.5) is 0 Å². The van der Waals surface area contributed by atoms with E-state index in [2.05, 4.69) is 0 Å². The van der Waals surface area contributed by atoms with Crippen LogP contribution >= 0.6 is 0 Å². The molecule has 2 N–H and O–H groups in total. The molecule has 94 valence electrons. The maximum Gasteiger partial charge on any atom is 0.126 e. The van der Waals surface area contributed by atoms with Gasteiger partial charge in [0.15, 0.2) is 0 Å². The zero-order valence-electron chi connectivity index (χ0n) is 10.1. The average molecular weight is 238 g/mol. The van der Waals surface area contributed by atoms with Crippen molar-refractivity contribution in [1.29, 1.82) is 0 Å². The average Bonchev–Trinajstić information content (AvgIpc) is 2.37. The van der Waals surface area contributed by atoms with Crippen molar-refractivity contribution in [2.24, 2.45) is 0 Å². The van der Waals surface area contributed by atoms with Gasteiger partial charge < -0.3 is 19.7 Å². The normalized spacial score (nSPS) is 12.7. The highest BCUT2D eigenvalue weighted by Gasteiger charge is 2.06. The number of aliphatic hydroxyl groups is 2. The minimum Gasteiger partial charge on any atom is -0.497 e. The van der Waals surface area contributed by atoms with Gasteiger partial charge in [-0.15, -0.1) is 0 Å². The van der Waals surface area contributed by atoms with Crippen LogP contribution in [-0.2, 0) is 0 Å². The van der Waals surface area contributed by atoms with Gasteiger partial charge in [-0.25, -0.2) is 0 Å². The predicted octanol–water partition coefficient (Wildman–Crippen LogP) is 1.46. The molecule has 1 atom stereocenters. The summed E-state index contributed by atoms with van der Waals surface area (Å²) >= 11 is 0. The number of hydrogen-bond donors (Lipinski definition) is 2. The van der Waals surface area contributed by atoms with E-state index in [4.69, 9.17) is 14.6 Å². The van der Waals surface area contributed by atoms with E-state index in [9.17, 15) is 5.11 Å². The Hall–Kier alpha value is -1.52. The molecule has 4 heteroatoms. The summed E-state index contributed by atoms with van der Waals surface area (Å²) in [6.07, 6.45) is 2.92. The first kappa shape index (κ1) is 13.5. The standard InChI is InChI=1S/C13H18O4/c1-3-4-10-7-12(16-2)5-6-13(10)17-9-11(15)8-14/h3-7,11,14-15H,8-9H2,1-2H3/b4-3+. The molecule has 0 saturated carbocycles. The first-order valence-electron chi connectivity index (χ1n) is 5.43. The fourth-order valence-corrected chi connectivity index (χ4v) is 1.33. The van der Waals surface area contributed by atoms with Crippen LogP contribution in [0.25, 0.3) is 6.08 Å². The van der Waals surface area contributed by atoms with Gasteiger partial charge in [-0.2, -0.15) is 0 Å². The van der Waals surface area contributed by atoms with Crippen LogP contribution in [0.1, 0.15) is 12.5 Å². The van der Waals surface area contributed by atoms with Crippen molar-refractivity contribution in [3.05, 3.63) is 29.8 Å². The van der Waals surface area contributed by atoms with Crippen LogP contribution in [0.15, 0.2) is 24.3 Å². The summed E-state index contributed by atoms with van der Waals surface area (Å²) in [5, 5.41) is 17.9. The summed E-state index contributed by atoms with van der Waals surface area (Å²) in [7, 11) is 1.60. The zero-order valence-corrected chi connectivity index (χ0v) is 10.1. The number of allylic oxidation sites excluding steroid dienone is 1. The molecular weight excluding hydrogens is 220 g/mol. The van der Waals surface area contributed by atoms with E-state index in [1.807, 2.05) is 25.1 Å². The second kappa shape index (κ2) is 6.93. The molecular formula is C13H18O4. The van der Waals surface area contributed by atoms with E-state index in [1.165, 1.54) is 0 Å². The summed E-state index contributed by atoms with van der Waals surface area (Å²) in [5.41, 5.74) is 0.872. The van der Waals surface area contributed by atoms with Crippen LogP contribution in [0.5, 0.6) is 11.5 Å². The van der Waals surface area contributed by atoms with Crippen molar-refractivity contribution < 1.29 is 19.7 Å². The number of methoxy groups -OCH3 is 1. The third kappa shape index (κ3) is 4.09. The molecule has 1 unspecified atom stereocenters. The van der Waals surface area contributed by atoms with Crippen LogP contribution in [0.2, 0.25) is 0 Å². The van der Waals surface area contributed by atoms with Gasteiger partial charge in [-0.1, -0.05) is 12.2 Å². The fraction of sp³-hybridized carbons (Fsp3) is 0.385. The number of benzene rings is 1. The lowest BCUT2D eigenvalue weighted by atomic mass is 10.1. The van der Waals surface area contributed by atoms with E-state index in [1.54, 1.807) is 19.2 Å². The second-order valence-electron chi connectivity index (χ2n) is 3.55. The van der Waals surface area contributed by atoms with Gasteiger partial charge in [0, 0.05) is 5.56 Å². The van der Waals surface area contributed by atoms with Gasteiger partial charge in [-0.05, 0) is 25.1 Å². The van der Waals surface area contributed by atoms with Gasteiger partial charge in [0.2, 0.25) is 0 Å². The summed E-state index contributed by atoms with van der Waals surface area (Å²) in [6.45, 7) is 1.66. The van der Waals surface area contributed by atoms with Crippen LogP contribution in [0.3, 0.4) is 0 Å². The molecule has 0 saturated heterocycles. The molecule has 0 radical (unpaired) electrons. The Balaban J connectivity index is 2.82. The largest absolute Gasteiger partial charge is 0.497 e. The van der Waals surface area contributed by atoms with Crippen molar-refractivity contribution in [3.8, 4) is 11.5 Å². The summed E-state index contributed by atoms with van der Waals surface area (Å²) in [5.74, 6) is 1.39. The lowest BCUT2D eigenvalue weighted by molar-refractivity contribution is 0.0535. The Labute approximate surface area is 101 Å². The lowest BCUT2D eigenvalue weighted by Crippen LogP contribution is -2.21. The van der Waals surface area contributed by atoms with Crippen molar-refractivity contribution in [2.75, 3.05) is 20.3 Å². The summed E-state index contributed by atoms with van der Waals surface area (Å²) in [6, 6.07) is 5.41. The molecule has 17 heavy (non-hydrogen) atoms. The monoisotopic (exact) mass is 238 g/mol. The van der Waals surface area contributed by atoms with Crippen molar-refractivity contribution in [3.63, 3.8) is 0 Å². The zero-order chi connectivity index (χ0) is 12.7. The Morgan fingerprint density at radius 3 is 2.76 bits per heavy atom. The van der Waals surface area contributed by atoms with Crippen LogP contribution in [-0.4, -0.2) is 36.6 Å². The SMILES string of the molecule is C/C=C/c1cc(OC)ccc1OCC(O)CO. The maximum absolute atomic E-state index is 9.22. The van der Waals surface area contributed by atoms with E-state index in [0.29, 0.717) is 5.75 Å². The van der Waals surface area contributed by atoms with E-state index in [0.717, 1.165) is 11.3 Å². The molecule has 0 bridgehead atoms. The third-order valence-electron chi connectivity index (χ3n) is 2.21. The molecule has 1 rings (SSSR count). The molecule has 0 heterocycles. The summed E-state index contributed by atoms with van der Waals surface area (Å²) < 4.78 is 10.5. The second-order valence-corrected chi connectivity index (χ2v) is 3.55. The van der Waals surface area contributed by atoms with Crippen LogP contribution in [0, 0.1) is 0 Å². The Morgan fingerprint density at radius 2 is 2.18 bits per heavy atom. The number of aliphatic hydroxyl groups excluding tert-OH is 2. The van der Waals surface area contributed by atoms with E-state index < -0.39 is 6.10 Å². The minimum atomic E-state index is -0.865. The van der Waals surface area contributed by atoms with Gasteiger partial charge >= 0.3 is 0 Å². The van der Waals surface area contributed by atoms with Crippen molar-refractivity contribution in [1.82, 2.24) is 0 Å². The first-order chi connectivity index (χ1) is 8.21. The molecule has 1 aromatic carbocycles. The molecule has 4 nitrogen and oxygen atoms in total. The fourth-order valence-electron chi connectivity index (χ4n) is 1.33. The highest BCUT2D eigenvalue weighted by molar-refractivity contribution is 5.59.